The van der Waals surface area contributed by atoms with Gasteiger partial charge in [-0.25, -0.2) is 18.0 Å². The van der Waals surface area contributed by atoms with Crippen LogP contribution in [0.25, 0.3) is 0 Å². The number of ether oxygens (including phenoxy) is 2. The van der Waals surface area contributed by atoms with Crippen molar-refractivity contribution in [3.63, 3.8) is 0 Å². The maximum Gasteiger partial charge on any atom is 0.414 e. The van der Waals surface area contributed by atoms with Crippen LogP contribution in [0.15, 0.2) is 24.3 Å². The Bertz CT molecular complexity index is 1420. The van der Waals surface area contributed by atoms with Crippen molar-refractivity contribution in [1.29, 1.82) is 0 Å². The molecule has 262 valence electrons. The average Bonchev–Trinajstić information content (AvgIpc) is 3.39. The summed E-state index contributed by atoms with van der Waals surface area (Å²) >= 11 is 0. The van der Waals surface area contributed by atoms with Crippen molar-refractivity contribution in [2.75, 3.05) is 18.0 Å². The maximum atomic E-state index is 13.7. The number of carbonyl (C=O) groups is 4. The lowest BCUT2D eigenvalue weighted by Gasteiger charge is -2.41. The molecule has 3 aliphatic rings. The molecule has 4 N–H and O–H groups in total. The molecule has 0 radical (unpaired) electrons. The first-order valence-corrected chi connectivity index (χ1v) is 17.7. The molecule has 15 heteroatoms. The van der Waals surface area contributed by atoms with E-state index in [9.17, 15) is 37.3 Å². The highest BCUT2D eigenvalue weighted by Crippen LogP contribution is 2.41. The Morgan fingerprint density at radius 2 is 1.79 bits per heavy atom. The fourth-order valence-corrected chi connectivity index (χ4v) is 7.20. The number of hydrogen-bond donors (Lipinski definition) is 4. The Balaban J connectivity index is 1.53. The monoisotopic (exact) mass is 679 g/mol. The zero-order valence-electron chi connectivity index (χ0n) is 27.5. The van der Waals surface area contributed by atoms with Crippen molar-refractivity contribution in [3.05, 3.63) is 29.8 Å². The van der Waals surface area contributed by atoms with Crippen molar-refractivity contribution in [1.82, 2.24) is 16.0 Å². The quantitative estimate of drug-likeness (QED) is 0.266. The summed E-state index contributed by atoms with van der Waals surface area (Å²) in [5.74, 6) is -1.80. The molecule has 1 aromatic rings. The Morgan fingerprint density at radius 1 is 1.11 bits per heavy atom. The lowest BCUT2D eigenvalue weighted by atomic mass is 9.84. The normalized spacial score (nSPS) is 23.9. The molecule has 47 heavy (non-hydrogen) atoms. The fraction of sp³-hybridized carbons (Fsp3) is 0.688. The van der Waals surface area contributed by atoms with E-state index in [1.165, 1.54) is 4.90 Å². The molecule has 1 aromatic carbocycles. The lowest BCUT2D eigenvalue weighted by Crippen LogP contribution is -2.55. The van der Waals surface area contributed by atoms with Gasteiger partial charge in [-0.05, 0) is 58.9 Å². The third kappa shape index (κ3) is 9.57. The Morgan fingerprint density at radius 3 is 2.40 bits per heavy atom. The molecule has 1 saturated heterocycles. The molecule has 0 spiro atoms. The molecule has 4 amide bonds. The van der Waals surface area contributed by atoms with Gasteiger partial charge in [-0.1, -0.05) is 50.3 Å². The van der Waals surface area contributed by atoms with Crippen molar-refractivity contribution in [3.8, 4) is 0 Å². The number of para-hydroxylation sites is 1. The Hall–Kier alpha value is -3.43. The van der Waals surface area contributed by atoms with Gasteiger partial charge in [0.05, 0.1) is 11.7 Å². The van der Waals surface area contributed by atoms with Gasteiger partial charge in [-0.2, -0.15) is 0 Å². The third-order valence-corrected chi connectivity index (χ3v) is 10.0. The predicted octanol–water partition coefficient (Wildman–Crippen LogP) is 2.99. The second-order valence-corrected chi connectivity index (χ2v) is 15.4. The zero-order chi connectivity index (χ0) is 34.6. The van der Waals surface area contributed by atoms with Crippen LogP contribution in [0, 0.1) is 11.8 Å². The molecule has 2 heterocycles. The molecule has 1 saturated carbocycles. The molecule has 5 atom stereocenters. The second kappa shape index (κ2) is 14.8. The van der Waals surface area contributed by atoms with E-state index in [0.29, 0.717) is 24.2 Å². The minimum absolute atomic E-state index is 0.0837. The Kier molecular flexibility index (Phi) is 11.4. The molecule has 0 bridgehead atoms. The van der Waals surface area contributed by atoms with Crippen LogP contribution >= 0.6 is 0 Å². The van der Waals surface area contributed by atoms with Crippen LogP contribution in [-0.4, -0.2) is 78.3 Å². The van der Waals surface area contributed by atoms with E-state index in [4.69, 9.17) is 9.47 Å². The summed E-state index contributed by atoms with van der Waals surface area (Å²) in [7, 11) is -5.25. The van der Waals surface area contributed by atoms with Crippen LogP contribution < -0.4 is 20.9 Å². The van der Waals surface area contributed by atoms with Gasteiger partial charge in [0.2, 0.25) is 11.8 Å². The average molecular weight is 680 g/mol. The number of nitrogens with one attached hydrogen (secondary N) is 3. The van der Waals surface area contributed by atoms with Crippen LogP contribution in [0.3, 0.4) is 0 Å². The van der Waals surface area contributed by atoms with Crippen molar-refractivity contribution < 1.29 is 46.7 Å². The number of alkyl carbamates (subject to hydrolysis) is 1. The molecule has 4 rings (SSSR count). The summed E-state index contributed by atoms with van der Waals surface area (Å²) in [5, 5.41) is 18.1. The van der Waals surface area contributed by atoms with E-state index >= 15 is 0 Å². The highest BCUT2D eigenvalue weighted by atomic mass is 32.2. The SMILES string of the molecule is CC(C)(C)OC(=O)N1CCC(C)(OC(=O)N[C@@H](CC2CCCCC2)C(=O)N[C@@H](C[C@@H]2CCNC2=O)C(O)S(=O)(=O)[O-])c2ccccc21. The standard InChI is InChI=1S/C32H48N4O10S/c1-31(2,3)46-30(41)36-17-15-32(4,22-12-8-9-13-25(22)36)45-29(40)35-23(18-20-10-6-5-7-11-20)27(38)34-24(28(39)47(42,43)44)19-21-14-16-33-26(21)37/h8-9,12-13,20-21,23-24,28,39H,5-7,10-11,14-19H2,1-4H3,(H,33,37)(H,34,38)(H,35,40)(H,42,43,44)/p-1/t21-,23-,24-,28?,32?/m0/s1. The van der Waals surface area contributed by atoms with Crippen LogP contribution in [0.5, 0.6) is 0 Å². The summed E-state index contributed by atoms with van der Waals surface area (Å²) < 4.78 is 46.9. The van der Waals surface area contributed by atoms with Gasteiger partial charge in [0.25, 0.3) is 0 Å². The first-order chi connectivity index (χ1) is 22.0. The molecule has 14 nitrogen and oxygen atoms in total. The largest absolute Gasteiger partial charge is 0.746 e. The van der Waals surface area contributed by atoms with Gasteiger partial charge in [0.15, 0.2) is 5.44 Å². The number of carbonyl (C=O) groups excluding carboxylic acids is 4. The van der Waals surface area contributed by atoms with Crippen molar-refractivity contribution in [2.45, 2.75) is 114 Å². The molecule has 2 fully saturated rings. The summed E-state index contributed by atoms with van der Waals surface area (Å²) in [6, 6.07) is 4.24. The highest BCUT2D eigenvalue weighted by molar-refractivity contribution is 7.86. The number of hydrogen-bond acceptors (Lipinski definition) is 10. The zero-order valence-corrected chi connectivity index (χ0v) is 28.3. The first kappa shape index (κ1) is 36.4. The van der Waals surface area contributed by atoms with Gasteiger partial charge in [0, 0.05) is 31.0 Å². The molecule has 2 aliphatic heterocycles. The smallest absolute Gasteiger partial charge is 0.414 e. The summed E-state index contributed by atoms with van der Waals surface area (Å²) in [6.45, 7) is 7.57. The number of fused-ring (bicyclic) bond motifs is 1. The van der Waals surface area contributed by atoms with Gasteiger partial charge < -0.3 is 35.1 Å². The lowest BCUT2D eigenvalue weighted by molar-refractivity contribution is -0.126. The van der Waals surface area contributed by atoms with Gasteiger partial charge in [0.1, 0.15) is 27.4 Å². The second-order valence-electron chi connectivity index (χ2n) is 14.0. The Labute approximate surface area is 276 Å². The van der Waals surface area contributed by atoms with E-state index in [1.807, 2.05) is 0 Å². The number of amides is 4. The fourth-order valence-electron chi connectivity index (χ4n) is 6.62. The minimum Gasteiger partial charge on any atom is -0.746 e. The highest BCUT2D eigenvalue weighted by Gasteiger charge is 2.42. The molecule has 1 aliphatic carbocycles. The van der Waals surface area contributed by atoms with E-state index < -0.39 is 62.9 Å². The number of anilines is 1. The van der Waals surface area contributed by atoms with Gasteiger partial charge >= 0.3 is 12.2 Å². The molecule has 2 unspecified atom stereocenters. The van der Waals surface area contributed by atoms with Crippen LogP contribution in [0.4, 0.5) is 15.3 Å². The van der Waals surface area contributed by atoms with E-state index in [1.54, 1.807) is 52.0 Å². The number of benzene rings is 1. The number of aliphatic hydroxyl groups is 1. The summed E-state index contributed by atoms with van der Waals surface area (Å²) in [5.41, 5.74) is -3.30. The summed E-state index contributed by atoms with van der Waals surface area (Å²) in [6.07, 6.45) is 3.71. The third-order valence-electron chi connectivity index (χ3n) is 9.08. The maximum absolute atomic E-state index is 13.7. The van der Waals surface area contributed by atoms with Crippen molar-refractivity contribution >= 4 is 39.8 Å². The van der Waals surface area contributed by atoms with Crippen LogP contribution in [-0.2, 0) is 34.8 Å². The van der Waals surface area contributed by atoms with Gasteiger partial charge in [-0.3, -0.25) is 14.5 Å². The van der Waals surface area contributed by atoms with E-state index in [-0.39, 0.29) is 37.6 Å². The predicted molar refractivity (Wildman–Crippen MR) is 170 cm³/mol. The van der Waals surface area contributed by atoms with Crippen LogP contribution in [0.2, 0.25) is 0 Å². The van der Waals surface area contributed by atoms with Crippen LogP contribution in [0.1, 0.15) is 91.0 Å². The number of aliphatic hydroxyl groups excluding tert-OH is 1. The minimum atomic E-state index is -5.25. The molecular weight excluding hydrogens is 632 g/mol. The molecular formula is C32H47N4O10S-. The van der Waals surface area contributed by atoms with E-state index in [0.717, 1.165) is 32.1 Å². The topological polar surface area (TPSA) is 203 Å². The van der Waals surface area contributed by atoms with Crippen molar-refractivity contribution in [2.24, 2.45) is 11.8 Å². The number of nitrogens with zero attached hydrogens (tertiary/aromatic N) is 1. The summed E-state index contributed by atoms with van der Waals surface area (Å²) in [4.78, 5) is 53.9. The molecule has 0 aromatic heterocycles. The first-order valence-electron chi connectivity index (χ1n) is 16.3. The van der Waals surface area contributed by atoms with Gasteiger partial charge in [-0.15, -0.1) is 0 Å². The van der Waals surface area contributed by atoms with E-state index in [2.05, 4.69) is 16.0 Å². The number of rotatable bonds is 10.